The van der Waals surface area contributed by atoms with Crippen molar-refractivity contribution in [1.29, 1.82) is 0 Å². The summed E-state index contributed by atoms with van der Waals surface area (Å²) in [6.45, 7) is 3.49. The number of carbonyl (C=O) groups excluding carboxylic acids is 1. The molecule has 0 radical (unpaired) electrons. The van der Waals surface area contributed by atoms with Crippen LogP contribution >= 0.6 is 0 Å². The molecule has 0 atom stereocenters. The summed E-state index contributed by atoms with van der Waals surface area (Å²) in [4.78, 5) is 25.8. The Morgan fingerprint density at radius 3 is 2.47 bits per heavy atom. The third kappa shape index (κ3) is 6.15. The molecule has 0 unspecified atom stereocenters. The van der Waals surface area contributed by atoms with E-state index in [1.165, 1.54) is 30.5 Å². The molecule has 3 aromatic rings. The van der Waals surface area contributed by atoms with Gasteiger partial charge in [0.15, 0.2) is 0 Å². The van der Waals surface area contributed by atoms with E-state index < -0.39 is 27.4 Å². The van der Waals surface area contributed by atoms with Crippen LogP contribution in [0.25, 0.3) is 0 Å². The number of non-ortho nitro benzene ring substituents is 1. The maximum atomic E-state index is 13.5. The molecule has 1 saturated heterocycles. The van der Waals surface area contributed by atoms with Crippen molar-refractivity contribution in [3.8, 4) is 0 Å². The molecule has 0 aliphatic carbocycles. The van der Waals surface area contributed by atoms with Crippen molar-refractivity contribution >= 4 is 39.2 Å². The average molecular weight is 538 g/mol. The number of rotatable bonds is 9. The lowest BCUT2D eigenvalue weighted by Crippen LogP contribution is -2.40. The van der Waals surface area contributed by atoms with E-state index in [0.29, 0.717) is 48.8 Å². The highest BCUT2D eigenvalue weighted by Gasteiger charge is 2.28. The molecule has 38 heavy (non-hydrogen) atoms. The number of nitrogens with zero attached hydrogens (tertiary/aromatic N) is 4. The molecular weight excluding hydrogens is 510 g/mol. The van der Waals surface area contributed by atoms with Gasteiger partial charge in [0.25, 0.3) is 21.6 Å². The topological polar surface area (TPSA) is 134 Å². The molecule has 3 aromatic carbocycles. The van der Waals surface area contributed by atoms with Crippen molar-refractivity contribution in [2.24, 2.45) is 5.10 Å². The van der Waals surface area contributed by atoms with Gasteiger partial charge in [0.2, 0.25) is 0 Å². The second-order valence-electron chi connectivity index (χ2n) is 8.50. The minimum Gasteiger partial charge on any atom is -0.378 e. The number of hydrazone groups is 1. The van der Waals surface area contributed by atoms with Crippen molar-refractivity contribution in [3.63, 3.8) is 0 Å². The molecule has 12 heteroatoms. The first-order valence-corrected chi connectivity index (χ1v) is 13.3. The molecule has 1 amide bonds. The third-order valence-electron chi connectivity index (χ3n) is 5.97. The Kier molecular flexibility index (Phi) is 8.34. The molecule has 0 bridgehead atoms. The summed E-state index contributed by atoms with van der Waals surface area (Å²) in [5.41, 5.74) is 4.44. The van der Waals surface area contributed by atoms with E-state index >= 15 is 0 Å². The van der Waals surface area contributed by atoms with Gasteiger partial charge in [-0.25, -0.2) is 13.8 Å². The van der Waals surface area contributed by atoms with Crippen LogP contribution in [0.5, 0.6) is 0 Å². The molecule has 0 saturated carbocycles. The van der Waals surface area contributed by atoms with Gasteiger partial charge in [-0.15, -0.1) is 0 Å². The highest BCUT2D eigenvalue weighted by atomic mass is 32.2. The van der Waals surface area contributed by atoms with Crippen LogP contribution in [-0.2, 0) is 19.6 Å². The molecule has 1 N–H and O–H groups in total. The average Bonchev–Trinajstić information content (AvgIpc) is 2.93. The Hall–Kier alpha value is -4.29. The first-order valence-electron chi connectivity index (χ1n) is 11.8. The fourth-order valence-electron chi connectivity index (χ4n) is 4.05. The Bertz CT molecular complexity index is 1440. The van der Waals surface area contributed by atoms with Crippen LogP contribution in [0.1, 0.15) is 11.1 Å². The molecule has 1 aliphatic heterocycles. The first kappa shape index (κ1) is 26.8. The number of hydrogen-bond acceptors (Lipinski definition) is 8. The normalized spacial score (nSPS) is 13.9. The standard InChI is InChI=1S/C26H27N5O6S/c1-20-7-5-6-10-24(20)30(38(35,36)23-8-3-2-4-9-23)19-26(32)28-27-18-21-17-22(31(33)34)11-12-25(21)29-13-15-37-16-14-29/h2-12,17-18H,13-16,19H2,1H3,(H,28,32)/b27-18-. The Morgan fingerprint density at radius 2 is 1.79 bits per heavy atom. The number of nitrogens with one attached hydrogen (secondary N) is 1. The number of para-hydroxylation sites is 1. The number of morpholine rings is 1. The number of aryl methyl sites for hydroxylation is 1. The van der Waals surface area contributed by atoms with Crippen molar-refractivity contribution in [2.45, 2.75) is 11.8 Å². The zero-order valence-corrected chi connectivity index (χ0v) is 21.5. The number of hydrogen-bond donors (Lipinski definition) is 1. The molecule has 4 rings (SSSR count). The molecule has 11 nitrogen and oxygen atoms in total. The minimum atomic E-state index is -4.06. The van der Waals surface area contributed by atoms with E-state index in [0.717, 1.165) is 4.31 Å². The van der Waals surface area contributed by atoms with Gasteiger partial charge in [-0.1, -0.05) is 36.4 Å². The monoisotopic (exact) mass is 537 g/mol. The zero-order chi connectivity index (χ0) is 27.1. The predicted molar refractivity (Wildman–Crippen MR) is 144 cm³/mol. The molecule has 0 aromatic heterocycles. The van der Waals surface area contributed by atoms with Crippen LogP contribution in [0.3, 0.4) is 0 Å². The summed E-state index contributed by atoms with van der Waals surface area (Å²) < 4.78 is 33.3. The van der Waals surface area contributed by atoms with Crippen molar-refractivity contribution in [3.05, 3.63) is 94.0 Å². The van der Waals surface area contributed by atoms with E-state index in [1.807, 2.05) is 4.90 Å². The third-order valence-corrected chi connectivity index (χ3v) is 7.74. The van der Waals surface area contributed by atoms with Crippen molar-refractivity contribution < 1.29 is 22.9 Å². The second kappa shape index (κ2) is 11.8. The van der Waals surface area contributed by atoms with Crippen LogP contribution in [0.15, 0.2) is 82.8 Å². The van der Waals surface area contributed by atoms with Gasteiger partial charge in [-0.3, -0.25) is 19.2 Å². The smallest absolute Gasteiger partial charge is 0.270 e. The highest BCUT2D eigenvalue weighted by Crippen LogP contribution is 2.27. The van der Waals surface area contributed by atoms with E-state index in [-0.39, 0.29) is 10.6 Å². The van der Waals surface area contributed by atoms with E-state index in [4.69, 9.17) is 4.74 Å². The number of carbonyl (C=O) groups is 1. The van der Waals surface area contributed by atoms with Crippen LogP contribution in [0, 0.1) is 17.0 Å². The number of sulfonamides is 1. The Balaban J connectivity index is 1.57. The van der Waals surface area contributed by atoms with Gasteiger partial charge in [-0.05, 0) is 36.8 Å². The number of ether oxygens (including phenoxy) is 1. The summed E-state index contributed by atoms with van der Waals surface area (Å²) in [6, 6.07) is 19.1. The zero-order valence-electron chi connectivity index (χ0n) is 20.7. The molecule has 0 spiro atoms. The minimum absolute atomic E-state index is 0.0475. The summed E-state index contributed by atoms with van der Waals surface area (Å²) >= 11 is 0. The quantitative estimate of drug-likeness (QED) is 0.252. The van der Waals surface area contributed by atoms with E-state index in [1.54, 1.807) is 55.5 Å². The maximum Gasteiger partial charge on any atom is 0.270 e. The van der Waals surface area contributed by atoms with Gasteiger partial charge < -0.3 is 9.64 Å². The Morgan fingerprint density at radius 1 is 1.11 bits per heavy atom. The molecule has 198 valence electrons. The van der Waals surface area contributed by atoms with Crippen LogP contribution in [0.2, 0.25) is 0 Å². The van der Waals surface area contributed by atoms with E-state index in [9.17, 15) is 23.3 Å². The SMILES string of the molecule is Cc1ccccc1N(CC(=O)N/N=C\c1cc([N+](=O)[O-])ccc1N1CCOCC1)S(=O)(=O)c1ccccc1. The summed E-state index contributed by atoms with van der Waals surface area (Å²) in [7, 11) is -4.06. The van der Waals surface area contributed by atoms with Gasteiger partial charge in [-0.2, -0.15) is 5.10 Å². The largest absolute Gasteiger partial charge is 0.378 e. The number of benzene rings is 3. The van der Waals surface area contributed by atoms with Gasteiger partial charge in [0.05, 0.1) is 34.9 Å². The summed E-state index contributed by atoms with van der Waals surface area (Å²) in [5.74, 6) is -0.678. The van der Waals surface area contributed by atoms with Crippen molar-refractivity contribution in [1.82, 2.24) is 5.43 Å². The molecular formula is C26H27N5O6S. The summed E-state index contributed by atoms with van der Waals surface area (Å²) in [6.07, 6.45) is 1.32. The van der Waals surface area contributed by atoms with Crippen LogP contribution < -0.4 is 14.6 Å². The first-order chi connectivity index (χ1) is 18.3. The molecule has 1 aliphatic rings. The van der Waals surface area contributed by atoms with Crippen LogP contribution in [0.4, 0.5) is 17.1 Å². The fourth-order valence-corrected chi connectivity index (χ4v) is 5.56. The van der Waals surface area contributed by atoms with Gasteiger partial charge in [0.1, 0.15) is 6.54 Å². The fraction of sp³-hybridized carbons (Fsp3) is 0.231. The summed E-state index contributed by atoms with van der Waals surface area (Å²) in [5, 5.41) is 15.3. The van der Waals surface area contributed by atoms with Gasteiger partial charge in [0, 0.05) is 36.5 Å². The van der Waals surface area contributed by atoms with Gasteiger partial charge >= 0.3 is 0 Å². The molecule has 1 heterocycles. The lowest BCUT2D eigenvalue weighted by atomic mass is 10.1. The highest BCUT2D eigenvalue weighted by molar-refractivity contribution is 7.92. The number of anilines is 2. The maximum absolute atomic E-state index is 13.5. The number of nitro benzene ring substituents is 1. The van der Waals surface area contributed by atoms with E-state index in [2.05, 4.69) is 10.5 Å². The lowest BCUT2D eigenvalue weighted by molar-refractivity contribution is -0.384. The second-order valence-corrected chi connectivity index (χ2v) is 10.4. The van der Waals surface area contributed by atoms with Crippen molar-refractivity contribution in [2.75, 3.05) is 42.1 Å². The van der Waals surface area contributed by atoms with Crippen LogP contribution in [-0.4, -0.2) is 58.3 Å². The predicted octanol–water partition coefficient (Wildman–Crippen LogP) is 3.09. The number of nitro groups is 1. The lowest BCUT2D eigenvalue weighted by Gasteiger charge is -2.29. The Labute approximate surface area is 220 Å². The molecule has 1 fully saturated rings. The number of amides is 1.